The molecule has 0 amide bonds. The molecule has 0 unspecified atom stereocenters. The van der Waals surface area contributed by atoms with Crippen molar-refractivity contribution in [3.63, 3.8) is 0 Å². The summed E-state index contributed by atoms with van der Waals surface area (Å²) in [4.78, 5) is 11.6. The lowest BCUT2D eigenvalue weighted by molar-refractivity contribution is 0.198. The zero-order valence-corrected chi connectivity index (χ0v) is 19.4. The normalized spacial score (nSPS) is 16.9. The van der Waals surface area contributed by atoms with Crippen molar-refractivity contribution in [2.75, 3.05) is 18.4 Å². The Hall–Kier alpha value is -2.69. The van der Waals surface area contributed by atoms with Gasteiger partial charge < -0.3 is 9.88 Å². The zero-order valence-electron chi connectivity index (χ0n) is 18.6. The summed E-state index contributed by atoms with van der Waals surface area (Å²) in [6.07, 6.45) is 5.24. The van der Waals surface area contributed by atoms with E-state index in [1.54, 1.807) is 23.6 Å². The smallest absolute Gasteiger partial charge is 0.187 e. The first-order valence-corrected chi connectivity index (χ1v) is 11.9. The molecule has 0 spiro atoms. The van der Waals surface area contributed by atoms with Crippen molar-refractivity contribution >= 4 is 22.2 Å². The molecule has 4 rings (SSSR count). The van der Waals surface area contributed by atoms with Crippen LogP contribution in [0.5, 0.6) is 0 Å². The van der Waals surface area contributed by atoms with Crippen LogP contribution in [0, 0.1) is 25.2 Å². The van der Waals surface area contributed by atoms with E-state index < -0.39 is 0 Å². The van der Waals surface area contributed by atoms with Gasteiger partial charge in [-0.25, -0.2) is 9.97 Å². The SMILES string of the molecule is CCCn1c(C)cc(CN2CCC[C@@H](c3csc(Nc4ccc(C#N)nc4)n3)C2)c1C. The predicted molar refractivity (Wildman–Crippen MR) is 126 cm³/mol. The minimum absolute atomic E-state index is 0.420. The molecule has 4 heterocycles. The van der Waals surface area contributed by atoms with Crippen LogP contribution in [0.2, 0.25) is 0 Å². The maximum absolute atomic E-state index is 8.89. The third-order valence-electron chi connectivity index (χ3n) is 6.09. The quantitative estimate of drug-likeness (QED) is 0.542. The summed E-state index contributed by atoms with van der Waals surface area (Å²) in [5.74, 6) is 0.471. The van der Waals surface area contributed by atoms with Gasteiger partial charge in [-0.05, 0) is 63.4 Å². The summed E-state index contributed by atoms with van der Waals surface area (Å²) < 4.78 is 2.45. The van der Waals surface area contributed by atoms with E-state index in [2.05, 4.69) is 52.0 Å². The van der Waals surface area contributed by atoms with Gasteiger partial charge in [0.15, 0.2) is 5.13 Å². The number of piperidine rings is 1. The second-order valence-corrected chi connectivity index (χ2v) is 9.23. The van der Waals surface area contributed by atoms with Gasteiger partial charge in [-0.3, -0.25) is 4.90 Å². The first kappa shape index (κ1) is 21.5. The summed E-state index contributed by atoms with van der Waals surface area (Å²) in [6.45, 7) is 11.0. The Balaban J connectivity index is 1.40. The third-order valence-corrected chi connectivity index (χ3v) is 6.87. The molecule has 1 atom stereocenters. The first-order chi connectivity index (χ1) is 15.1. The van der Waals surface area contributed by atoms with Crippen molar-refractivity contribution in [3.8, 4) is 6.07 Å². The Morgan fingerprint density at radius 1 is 1.32 bits per heavy atom. The van der Waals surface area contributed by atoms with Crippen LogP contribution in [0.1, 0.15) is 60.4 Å². The van der Waals surface area contributed by atoms with Crippen LogP contribution >= 0.6 is 11.3 Å². The fourth-order valence-corrected chi connectivity index (χ4v) is 5.28. The molecule has 0 bridgehead atoms. The topological polar surface area (TPSA) is 69.8 Å². The molecule has 7 heteroatoms. The number of hydrogen-bond donors (Lipinski definition) is 1. The van der Waals surface area contributed by atoms with E-state index in [1.807, 2.05) is 12.1 Å². The number of rotatable bonds is 7. The lowest BCUT2D eigenvalue weighted by atomic mass is 9.95. The number of aromatic nitrogens is 3. The number of thiazole rings is 1. The van der Waals surface area contributed by atoms with E-state index >= 15 is 0 Å². The highest BCUT2D eigenvalue weighted by atomic mass is 32.1. The van der Waals surface area contributed by atoms with Crippen LogP contribution in [-0.2, 0) is 13.1 Å². The molecule has 0 aromatic carbocycles. The number of aryl methyl sites for hydroxylation is 1. The van der Waals surface area contributed by atoms with E-state index in [9.17, 15) is 0 Å². The molecule has 3 aromatic heterocycles. The molecule has 1 fully saturated rings. The zero-order chi connectivity index (χ0) is 21.8. The van der Waals surface area contributed by atoms with Crippen LogP contribution in [0.4, 0.5) is 10.8 Å². The number of likely N-dealkylation sites (tertiary alicyclic amines) is 1. The summed E-state index contributed by atoms with van der Waals surface area (Å²) in [5.41, 5.74) is 6.69. The van der Waals surface area contributed by atoms with Crippen molar-refractivity contribution in [1.29, 1.82) is 5.26 Å². The molecule has 1 aliphatic heterocycles. The molecular weight excluding hydrogens is 404 g/mol. The van der Waals surface area contributed by atoms with Crippen molar-refractivity contribution in [2.45, 2.75) is 59.0 Å². The molecular formula is C24H30N6S. The van der Waals surface area contributed by atoms with Gasteiger partial charge in [-0.1, -0.05) is 6.92 Å². The lowest BCUT2D eigenvalue weighted by Crippen LogP contribution is -2.34. The third kappa shape index (κ3) is 4.97. The standard InChI is InChI=1S/C24H30N6S/c1-4-9-30-17(2)11-20(18(30)3)15-29-10-5-6-19(14-29)23-16-31-24(28-23)27-22-8-7-21(12-25)26-13-22/h7-8,11,13,16,19H,4-6,9-10,14-15H2,1-3H3,(H,27,28)/t19-/m1/s1. The van der Waals surface area contributed by atoms with Gasteiger partial charge in [-0.15, -0.1) is 11.3 Å². The molecule has 6 nitrogen and oxygen atoms in total. The van der Waals surface area contributed by atoms with E-state index in [4.69, 9.17) is 10.2 Å². The van der Waals surface area contributed by atoms with Crippen LogP contribution in [0.3, 0.4) is 0 Å². The van der Waals surface area contributed by atoms with Gasteiger partial charge >= 0.3 is 0 Å². The fraction of sp³-hybridized carbons (Fsp3) is 0.458. The van der Waals surface area contributed by atoms with Gasteiger partial charge in [0.2, 0.25) is 0 Å². The van der Waals surface area contributed by atoms with Gasteiger partial charge in [0.05, 0.1) is 17.6 Å². The Morgan fingerprint density at radius 2 is 2.19 bits per heavy atom. The van der Waals surface area contributed by atoms with E-state index in [-0.39, 0.29) is 0 Å². The lowest BCUT2D eigenvalue weighted by Gasteiger charge is -2.32. The molecule has 0 saturated carbocycles. The number of nitrogens with one attached hydrogen (secondary N) is 1. The van der Waals surface area contributed by atoms with E-state index in [1.165, 1.54) is 41.9 Å². The molecule has 1 N–H and O–H groups in total. The number of nitriles is 1. The fourth-order valence-electron chi connectivity index (χ4n) is 4.47. The average Bonchev–Trinajstić information content (AvgIpc) is 3.35. The summed E-state index contributed by atoms with van der Waals surface area (Å²) in [6, 6.07) is 7.99. The molecule has 1 aliphatic rings. The summed E-state index contributed by atoms with van der Waals surface area (Å²) >= 11 is 1.63. The van der Waals surface area contributed by atoms with Gasteiger partial charge in [0, 0.05) is 42.3 Å². The van der Waals surface area contributed by atoms with Crippen molar-refractivity contribution in [3.05, 3.63) is 58.1 Å². The summed E-state index contributed by atoms with van der Waals surface area (Å²) in [5, 5.41) is 15.3. The highest BCUT2D eigenvalue weighted by Crippen LogP contribution is 2.31. The molecule has 3 aromatic rings. The predicted octanol–water partition coefficient (Wildman–Crippen LogP) is 5.36. The molecule has 0 radical (unpaired) electrons. The second-order valence-electron chi connectivity index (χ2n) is 8.37. The van der Waals surface area contributed by atoms with Crippen LogP contribution in [0.15, 0.2) is 29.8 Å². The van der Waals surface area contributed by atoms with Crippen molar-refractivity contribution in [1.82, 2.24) is 19.4 Å². The molecule has 1 saturated heterocycles. The van der Waals surface area contributed by atoms with E-state index in [0.717, 1.165) is 37.0 Å². The minimum Gasteiger partial charge on any atom is -0.349 e. The number of nitrogens with zero attached hydrogens (tertiary/aromatic N) is 5. The summed E-state index contributed by atoms with van der Waals surface area (Å²) in [7, 11) is 0. The average molecular weight is 435 g/mol. The van der Waals surface area contributed by atoms with Gasteiger partial charge in [0.1, 0.15) is 11.8 Å². The van der Waals surface area contributed by atoms with E-state index in [0.29, 0.717) is 11.6 Å². The van der Waals surface area contributed by atoms with Crippen molar-refractivity contribution in [2.24, 2.45) is 0 Å². The number of pyridine rings is 1. The number of anilines is 2. The monoisotopic (exact) mass is 434 g/mol. The Labute approximate surface area is 188 Å². The Kier molecular flexibility index (Phi) is 6.69. The first-order valence-electron chi connectivity index (χ1n) is 11.0. The Bertz CT molecular complexity index is 1060. The second kappa shape index (κ2) is 9.63. The minimum atomic E-state index is 0.420. The largest absolute Gasteiger partial charge is 0.349 e. The van der Waals surface area contributed by atoms with Gasteiger partial charge in [-0.2, -0.15) is 5.26 Å². The highest BCUT2D eigenvalue weighted by Gasteiger charge is 2.24. The molecule has 0 aliphatic carbocycles. The molecule has 162 valence electrons. The van der Waals surface area contributed by atoms with Crippen LogP contribution in [-0.4, -0.2) is 32.5 Å². The van der Waals surface area contributed by atoms with Crippen LogP contribution < -0.4 is 5.32 Å². The number of hydrogen-bond acceptors (Lipinski definition) is 6. The van der Waals surface area contributed by atoms with Crippen molar-refractivity contribution < 1.29 is 0 Å². The van der Waals surface area contributed by atoms with Crippen LogP contribution in [0.25, 0.3) is 0 Å². The molecule has 31 heavy (non-hydrogen) atoms. The highest BCUT2D eigenvalue weighted by molar-refractivity contribution is 7.13. The maximum atomic E-state index is 8.89. The Morgan fingerprint density at radius 3 is 2.94 bits per heavy atom. The van der Waals surface area contributed by atoms with Gasteiger partial charge in [0.25, 0.3) is 0 Å². The maximum Gasteiger partial charge on any atom is 0.187 e.